The molecule has 1 aromatic heterocycles. The van der Waals surface area contributed by atoms with E-state index < -0.39 is 0 Å². The van der Waals surface area contributed by atoms with Crippen LogP contribution in [-0.2, 0) is 4.74 Å². The van der Waals surface area contributed by atoms with Crippen molar-refractivity contribution in [2.75, 3.05) is 19.8 Å². The summed E-state index contributed by atoms with van der Waals surface area (Å²) in [6.45, 7) is 9.14. The Morgan fingerprint density at radius 2 is 2.33 bits per heavy atom. The summed E-state index contributed by atoms with van der Waals surface area (Å²) >= 11 is 0. The van der Waals surface area contributed by atoms with Crippen LogP contribution in [0.15, 0.2) is 12.3 Å². The monoisotopic (exact) mass is 248 g/mol. The fraction of sp³-hybridized carbons (Fsp3) is 0.667. The fourth-order valence-corrected chi connectivity index (χ4v) is 2.79. The van der Waals surface area contributed by atoms with Gasteiger partial charge < -0.3 is 10.1 Å². The minimum Gasteiger partial charge on any atom is -0.381 e. The summed E-state index contributed by atoms with van der Waals surface area (Å²) in [4.78, 5) is 4.65. The molecule has 2 rings (SSSR count). The maximum atomic E-state index is 5.63. The number of aromatic nitrogens is 1. The number of aryl methyl sites for hydroxylation is 2. The Morgan fingerprint density at radius 1 is 1.50 bits per heavy atom. The van der Waals surface area contributed by atoms with Gasteiger partial charge in [0.25, 0.3) is 0 Å². The molecule has 2 unspecified atom stereocenters. The van der Waals surface area contributed by atoms with Crippen LogP contribution < -0.4 is 5.32 Å². The van der Waals surface area contributed by atoms with E-state index in [2.05, 4.69) is 37.1 Å². The molecule has 1 aliphatic rings. The SMILES string of the molecule is CCNC(c1ncc(C)cc1C)C1CCCOC1. The van der Waals surface area contributed by atoms with Gasteiger partial charge in [0.1, 0.15) is 0 Å². The van der Waals surface area contributed by atoms with Gasteiger partial charge in [0.15, 0.2) is 0 Å². The lowest BCUT2D eigenvalue weighted by Gasteiger charge is -2.31. The third-order valence-electron chi connectivity index (χ3n) is 3.64. The zero-order chi connectivity index (χ0) is 13.0. The molecule has 18 heavy (non-hydrogen) atoms. The van der Waals surface area contributed by atoms with E-state index in [9.17, 15) is 0 Å². The van der Waals surface area contributed by atoms with Crippen molar-refractivity contribution in [3.05, 3.63) is 29.1 Å². The van der Waals surface area contributed by atoms with E-state index >= 15 is 0 Å². The molecular weight excluding hydrogens is 224 g/mol. The first-order valence-electron chi connectivity index (χ1n) is 6.96. The van der Waals surface area contributed by atoms with Gasteiger partial charge in [0.05, 0.1) is 18.3 Å². The third kappa shape index (κ3) is 3.09. The molecule has 1 aromatic rings. The van der Waals surface area contributed by atoms with Gasteiger partial charge in [-0.3, -0.25) is 4.98 Å². The van der Waals surface area contributed by atoms with E-state index in [0.29, 0.717) is 12.0 Å². The maximum Gasteiger partial charge on any atom is 0.0606 e. The largest absolute Gasteiger partial charge is 0.381 e. The lowest BCUT2D eigenvalue weighted by Crippen LogP contribution is -2.34. The number of pyridine rings is 1. The molecule has 2 atom stereocenters. The topological polar surface area (TPSA) is 34.2 Å². The highest BCUT2D eigenvalue weighted by Gasteiger charge is 2.26. The van der Waals surface area contributed by atoms with Gasteiger partial charge in [-0.15, -0.1) is 0 Å². The van der Waals surface area contributed by atoms with Gasteiger partial charge >= 0.3 is 0 Å². The van der Waals surface area contributed by atoms with Crippen molar-refractivity contribution in [2.24, 2.45) is 5.92 Å². The lowest BCUT2D eigenvalue weighted by atomic mass is 9.89. The Kier molecular flexibility index (Phi) is 4.72. The second kappa shape index (κ2) is 6.30. The molecule has 0 bridgehead atoms. The van der Waals surface area contributed by atoms with Crippen molar-refractivity contribution in [2.45, 2.75) is 39.7 Å². The first kappa shape index (κ1) is 13.5. The summed E-state index contributed by atoms with van der Waals surface area (Å²) in [6, 6.07) is 2.55. The molecule has 0 amide bonds. The van der Waals surface area contributed by atoms with Gasteiger partial charge in [-0.25, -0.2) is 0 Å². The molecule has 0 saturated carbocycles. The van der Waals surface area contributed by atoms with E-state index in [0.717, 1.165) is 26.2 Å². The van der Waals surface area contributed by atoms with Gasteiger partial charge in [-0.1, -0.05) is 13.0 Å². The summed E-state index contributed by atoms with van der Waals surface area (Å²) in [7, 11) is 0. The van der Waals surface area contributed by atoms with Crippen molar-refractivity contribution in [1.29, 1.82) is 0 Å². The predicted molar refractivity (Wildman–Crippen MR) is 73.7 cm³/mol. The maximum absolute atomic E-state index is 5.63. The van der Waals surface area contributed by atoms with Gasteiger partial charge in [-0.2, -0.15) is 0 Å². The molecule has 0 radical (unpaired) electrons. The summed E-state index contributed by atoms with van der Waals surface area (Å²) in [5.74, 6) is 0.549. The van der Waals surface area contributed by atoms with Crippen molar-refractivity contribution in [3.8, 4) is 0 Å². The fourth-order valence-electron chi connectivity index (χ4n) is 2.79. The van der Waals surface area contributed by atoms with Crippen LogP contribution in [0.2, 0.25) is 0 Å². The molecular formula is C15H24N2O. The Labute approximate surface area is 110 Å². The Hall–Kier alpha value is -0.930. The summed E-state index contributed by atoms with van der Waals surface area (Å²) in [5, 5.41) is 3.59. The number of hydrogen-bond acceptors (Lipinski definition) is 3. The van der Waals surface area contributed by atoms with Gasteiger partial charge in [-0.05, 0) is 44.4 Å². The van der Waals surface area contributed by atoms with Crippen LogP contribution >= 0.6 is 0 Å². The second-order valence-electron chi connectivity index (χ2n) is 5.23. The highest BCUT2D eigenvalue weighted by Crippen LogP contribution is 2.29. The minimum absolute atomic E-state index is 0.330. The van der Waals surface area contributed by atoms with E-state index in [-0.39, 0.29) is 0 Å². The molecule has 1 saturated heterocycles. The highest BCUT2D eigenvalue weighted by atomic mass is 16.5. The molecule has 3 nitrogen and oxygen atoms in total. The standard InChI is InChI=1S/C15H24N2O/c1-4-16-15(13-6-5-7-18-10-13)14-12(3)8-11(2)9-17-14/h8-9,13,15-16H,4-7,10H2,1-3H3. The molecule has 0 spiro atoms. The van der Waals surface area contributed by atoms with Crippen LogP contribution in [0.25, 0.3) is 0 Å². The van der Waals surface area contributed by atoms with E-state index in [1.165, 1.54) is 23.2 Å². The van der Waals surface area contributed by atoms with Crippen LogP contribution in [0.5, 0.6) is 0 Å². The van der Waals surface area contributed by atoms with Crippen LogP contribution in [-0.4, -0.2) is 24.7 Å². The molecule has 1 fully saturated rings. The zero-order valence-electron chi connectivity index (χ0n) is 11.7. The van der Waals surface area contributed by atoms with Crippen molar-refractivity contribution in [1.82, 2.24) is 10.3 Å². The van der Waals surface area contributed by atoms with Crippen molar-refractivity contribution < 1.29 is 4.74 Å². The average Bonchev–Trinajstić information content (AvgIpc) is 2.38. The van der Waals surface area contributed by atoms with Crippen LogP contribution in [0, 0.1) is 19.8 Å². The number of nitrogens with zero attached hydrogens (tertiary/aromatic N) is 1. The van der Waals surface area contributed by atoms with E-state index in [4.69, 9.17) is 4.74 Å². The highest BCUT2D eigenvalue weighted by molar-refractivity contribution is 5.26. The Bertz CT molecular complexity index is 386. The summed E-state index contributed by atoms with van der Waals surface area (Å²) in [6.07, 6.45) is 4.36. The molecule has 0 aromatic carbocycles. The van der Waals surface area contributed by atoms with Gasteiger partial charge in [0.2, 0.25) is 0 Å². The summed E-state index contributed by atoms with van der Waals surface area (Å²) < 4.78 is 5.63. The van der Waals surface area contributed by atoms with Crippen LogP contribution in [0.1, 0.15) is 42.6 Å². The lowest BCUT2D eigenvalue weighted by molar-refractivity contribution is 0.0385. The number of nitrogens with one attached hydrogen (secondary N) is 1. The molecule has 3 heteroatoms. The second-order valence-corrected chi connectivity index (χ2v) is 5.23. The third-order valence-corrected chi connectivity index (χ3v) is 3.64. The predicted octanol–water partition coefficient (Wildman–Crippen LogP) is 2.78. The Balaban J connectivity index is 2.22. The van der Waals surface area contributed by atoms with Crippen molar-refractivity contribution >= 4 is 0 Å². The van der Waals surface area contributed by atoms with Crippen LogP contribution in [0.3, 0.4) is 0 Å². The molecule has 1 aliphatic heterocycles. The number of ether oxygens (including phenoxy) is 1. The smallest absolute Gasteiger partial charge is 0.0606 e. The Morgan fingerprint density at radius 3 is 2.94 bits per heavy atom. The van der Waals surface area contributed by atoms with Crippen LogP contribution in [0.4, 0.5) is 0 Å². The van der Waals surface area contributed by atoms with Crippen molar-refractivity contribution in [3.63, 3.8) is 0 Å². The molecule has 0 aliphatic carbocycles. The molecule has 100 valence electrons. The molecule has 2 heterocycles. The quantitative estimate of drug-likeness (QED) is 0.889. The summed E-state index contributed by atoms with van der Waals surface area (Å²) in [5.41, 5.74) is 3.70. The molecule has 1 N–H and O–H groups in total. The zero-order valence-corrected chi connectivity index (χ0v) is 11.7. The normalized spacial score (nSPS) is 21.8. The van der Waals surface area contributed by atoms with Gasteiger partial charge in [0, 0.05) is 18.7 Å². The average molecular weight is 248 g/mol. The minimum atomic E-state index is 0.330. The van der Waals surface area contributed by atoms with E-state index in [1.54, 1.807) is 0 Å². The number of rotatable bonds is 4. The number of hydrogen-bond donors (Lipinski definition) is 1. The van der Waals surface area contributed by atoms with E-state index in [1.807, 2.05) is 6.20 Å². The first-order chi connectivity index (χ1) is 8.72. The first-order valence-corrected chi connectivity index (χ1v) is 6.96.